The summed E-state index contributed by atoms with van der Waals surface area (Å²) in [5.74, 6) is -1.12. The van der Waals surface area contributed by atoms with E-state index >= 15 is 0 Å². The normalized spacial score (nSPS) is 11.1. The van der Waals surface area contributed by atoms with Crippen molar-refractivity contribution in [3.63, 3.8) is 0 Å². The number of nitrogens with zero attached hydrogens (tertiary/aromatic N) is 1. The van der Waals surface area contributed by atoms with E-state index in [0.717, 1.165) is 5.56 Å². The van der Waals surface area contributed by atoms with Gasteiger partial charge in [0.1, 0.15) is 6.04 Å². The first kappa shape index (κ1) is 21.5. The molecule has 0 aromatic heterocycles. The molecule has 3 aromatic rings. The topological polar surface area (TPSA) is 96.3 Å². The molecule has 1 amide bonds. The Bertz CT molecular complexity index is 1110. The van der Waals surface area contributed by atoms with Crippen molar-refractivity contribution in [1.82, 2.24) is 5.32 Å². The number of amides is 1. The first-order valence-corrected chi connectivity index (χ1v) is 9.59. The monoisotopic (exact) mass is 412 g/mol. The van der Waals surface area contributed by atoms with Gasteiger partial charge in [-0.2, -0.15) is 5.26 Å². The predicted molar refractivity (Wildman–Crippen MR) is 114 cm³/mol. The molecule has 154 valence electrons. The second-order valence-electron chi connectivity index (χ2n) is 6.83. The molecule has 0 bridgehead atoms. The lowest BCUT2D eigenvalue weighted by Crippen LogP contribution is -2.43. The van der Waals surface area contributed by atoms with Crippen LogP contribution in [0.25, 0.3) is 0 Å². The molecule has 0 radical (unpaired) electrons. The number of ether oxygens (including phenoxy) is 1. The van der Waals surface area contributed by atoms with Gasteiger partial charge >= 0.3 is 5.97 Å². The summed E-state index contributed by atoms with van der Waals surface area (Å²) in [6, 6.07) is 23.0. The van der Waals surface area contributed by atoms with Crippen molar-refractivity contribution in [2.75, 3.05) is 7.11 Å². The second-order valence-corrected chi connectivity index (χ2v) is 6.83. The molecule has 6 nitrogen and oxygen atoms in total. The van der Waals surface area contributed by atoms with Crippen LogP contribution in [0, 0.1) is 11.3 Å². The number of methoxy groups -OCH3 is 1. The number of hydrogen-bond donors (Lipinski definition) is 1. The average molecular weight is 412 g/mol. The molecule has 0 spiro atoms. The minimum atomic E-state index is -0.899. The van der Waals surface area contributed by atoms with Crippen LogP contribution in [0.15, 0.2) is 78.9 Å². The SMILES string of the molecule is COC(=O)[C@@H](Cc1ccc(C(=O)c2ccccc2)cc1)NC(=O)c1ccc(C#N)cc1. The molecular formula is C25H20N2O4. The molecule has 3 rings (SSSR count). The van der Waals surface area contributed by atoms with E-state index in [0.29, 0.717) is 22.3 Å². The van der Waals surface area contributed by atoms with Crippen LogP contribution < -0.4 is 5.32 Å². The van der Waals surface area contributed by atoms with Crippen LogP contribution in [0.4, 0.5) is 0 Å². The number of carbonyl (C=O) groups is 3. The van der Waals surface area contributed by atoms with Crippen molar-refractivity contribution in [3.05, 3.63) is 107 Å². The Balaban J connectivity index is 1.72. The number of rotatable bonds is 7. The van der Waals surface area contributed by atoms with Crippen molar-refractivity contribution in [1.29, 1.82) is 5.26 Å². The van der Waals surface area contributed by atoms with Gasteiger partial charge in [0.05, 0.1) is 18.7 Å². The maximum Gasteiger partial charge on any atom is 0.328 e. The maximum atomic E-state index is 12.5. The van der Waals surface area contributed by atoms with Gasteiger partial charge in [0, 0.05) is 23.1 Å². The standard InChI is InChI=1S/C25H20N2O4/c1-31-25(30)22(27-24(29)21-13-9-18(16-26)10-14-21)15-17-7-11-20(12-8-17)23(28)19-5-3-2-4-6-19/h2-14,22H,15H2,1H3,(H,27,29)/t22-/m1/s1. The Morgan fingerprint density at radius 2 is 1.45 bits per heavy atom. The average Bonchev–Trinajstić information content (AvgIpc) is 2.83. The third-order valence-electron chi connectivity index (χ3n) is 4.76. The quantitative estimate of drug-likeness (QED) is 0.474. The Morgan fingerprint density at radius 3 is 2.03 bits per heavy atom. The van der Waals surface area contributed by atoms with Crippen LogP contribution in [0.2, 0.25) is 0 Å². The fraction of sp³-hybridized carbons (Fsp3) is 0.120. The van der Waals surface area contributed by atoms with Crippen LogP contribution in [-0.2, 0) is 16.0 Å². The zero-order valence-electron chi connectivity index (χ0n) is 16.9. The fourth-order valence-corrected chi connectivity index (χ4v) is 3.06. The van der Waals surface area contributed by atoms with Crippen LogP contribution in [0.3, 0.4) is 0 Å². The Morgan fingerprint density at radius 1 is 0.871 bits per heavy atom. The van der Waals surface area contributed by atoms with Gasteiger partial charge in [-0.05, 0) is 29.8 Å². The molecule has 3 aromatic carbocycles. The van der Waals surface area contributed by atoms with Gasteiger partial charge in [-0.25, -0.2) is 4.79 Å². The lowest BCUT2D eigenvalue weighted by Gasteiger charge is -2.17. The summed E-state index contributed by atoms with van der Waals surface area (Å²) < 4.78 is 4.83. The molecule has 1 N–H and O–H groups in total. The summed E-state index contributed by atoms with van der Waals surface area (Å²) >= 11 is 0. The summed E-state index contributed by atoms with van der Waals surface area (Å²) in [6.07, 6.45) is 0.203. The molecule has 0 saturated heterocycles. The van der Waals surface area contributed by atoms with Crippen molar-refractivity contribution in [2.45, 2.75) is 12.5 Å². The second kappa shape index (κ2) is 9.99. The van der Waals surface area contributed by atoms with E-state index in [9.17, 15) is 14.4 Å². The van der Waals surface area contributed by atoms with Gasteiger partial charge in [0.25, 0.3) is 5.91 Å². The number of nitrogens with one attached hydrogen (secondary N) is 1. The minimum Gasteiger partial charge on any atom is -0.467 e. The molecule has 31 heavy (non-hydrogen) atoms. The van der Waals surface area contributed by atoms with E-state index in [1.54, 1.807) is 48.5 Å². The van der Waals surface area contributed by atoms with Crippen LogP contribution in [-0.4, -0.2) is 30.8 Å². The van der Waals surface area contributed by atoms with Gasteiger partial charge < -0.3 is 10.1 Å². The number of ketones is 1. The first-order chi connectivity index (χ1) is 15.0. The molecule has 1 atom stereocenters. The predicted octanol–water partition coefficient (Wildman–Crippen LogP) is 3.30. The fourth-order valence-electron chi connectivity index (χ4n) is 3.06. The number of nitriles is 1. The third kappa shape index (κ3) is 5.43. The van der Waals surface area contributed by atoms with E-state index in [1.807, 2.05) is 12.1 Å². The lowest BCUT2D eigenvalue weighted by molar-refractivity contribution is -0.142. The summed E-state index contributed by atoms with van der Waals surface area (Å²) in [4.78, 5) is 37.3. The Kier molecular flexibility index (Phi) is 6.92. The van der Waals surface area contributed by atoms with E-state index in [-0.39, 0.29) is 12.2 Å². The highest BCUT2D eigenvalue weighted by atomic mass is 16.5. The molecule has 0 fully saturated rings. The molecule has 0 heterocycles. The summed E-state index contributed by atoms with van der Waals surface area (Å²) in [7, 11) is 1.25. The summed E-state index contributed by atoms with van der Waals surface area (Å²) in [5, 5.41) is 11.5. The minimum absolute atomic E-state index is 0.0919. The van der Waals surface area contributed by atoms with Crippen molar-refractivity contribution in [3.8, 4) is 6.07 Å². The van der Waals surface area contributed by atoms with Gasteiger partial charge in [0.15, 0.2) is 5.78 Å². The van der Waals surface area contributed by atoms with E-state index in [4.69, 9.17) is 10.00 Å². The number of carbonyl (C=O) groups excluding carboxylic acids is 3. The van der Waals surface area contributed by atoms with Crippen molar-refractivity contribution < 1.29 is 19.1 Å². The number of esters is 1. The first-order valence-electron chi connectivity index (χ1n) is 9.59. The van der Waals surface area contributed by atoms with Crippen LogP contribution in [0.5, 0.6) is 0 Å². The lowest BCUT2D eigenvalue weighted by atomic mass is 9.99. The maximum absolute atomic E-state index is 12.5. The third-order valence-corrected chi connectivity index (χ3v) is 4.76. The highest BCUT2D eigenvalue weighted by Gasteiger charge is 2.23. The van der Waals surface area contributed by atoms with Crippen LogP contribution >= 0.6 is 0 Å². The molecule has 0 aliphatic heterocycles. The van der Waals surface area contributed by atoms with E-state index in [2.05, 4.69) is 5.32 Å². The Hall–Kier alpha value is -4.24. The highest BCUT2D eigenvalue weighted by Crippen LogP contribution is 2.13. The molecular weight excluding hydrogens is 392 g/mol. The van der Waals surface area contributed by atoms with Crippen molar-refractivity contribution >= 4 is 17.7 Å². The number of benzene rings is 3. The molecule has 0 aliphatic rings. The van der Waals surface area contributed by atoms with Crippen molar-refractivity contribution in [2.24, 2.45) is 0 Å². The Labute approximate surface area is 180 Å². The van der Waals surface area contributed by atoms with Gasteiger partial charge in [-0.15, -0.1) is 0 Å². The summed E-state index contributed by atoms with van der Waals surface area (Å²) in [6.45, 7) is 0. The molecule has 0 aliphatic carbocycles. The smallest absolute Gasteiger partial charge is 0.328 e. The largest absolute Gasteiger partial charge is 0.467 e. The van der Waals surface area contributed by atoms with E-state index < -0.39 is 17.9 Å². The number of hydrogen-bond acceptors (Lipinski definition) is 5. The van der Waals surface area contributed by atoms with E-state index in [1.165, 1.54) is 31.4 Å². The summed E-state index contributed by atoms with van der Waals surface area (Å²) in [5.41, 5.74) is 2.66. The van der Waals surface area contributed by atoms with Gasteiger partial charge in [-0.3, -0.25) is 9.59 Å². The van der Waals surface area contributed by atoms with Gasteiger partial charge in [-0.1, -0.05) is 54.6 Å². The molecule has 0 unspecified atom stereocenters. The molecule has 0 saturated carbocycles. The zero-order valence-corrected chi connectivity index (χ0v) is 16.9. The van der Waals surface area contributed by atoms with Crippen LogP contribution in [0.1, 0.15) is 37.4 Å². The highest BCUT2D eigenvalue weighted by molar-refractivity contribution is 6.08. The molecule has 6 heteroatoms. The zero-order chi connectivity index (χ0) is 22.2. The van der Waals surface area contributed by atoms with Gasteiger partial charge in [0.2, 0.25) is 0 Å².